The van der Waals surface area contributed by atoms with Crippen LogP contribution in [0.5, 0.6) is 0 Å². The van der Waals surface area contributed by atoms with Gasteiger partial charge < -0.3 is 57.6 Å². The number of aryl methyl sites for hydroxylation is 1. The van der Waals surface area contributed by atoms with Crippen molar-refractivity contribution >= 4 is 111 Å². The summed E-state index contributed by atoms with van der Waals surface area (Å²) >= 11 is 0. The minimum Gasteiger partial charge on any atom is -0.397 e. The van der Waals surface area contributed by atoms with Crippen molar-refractivity contribution in [3.63, 3.8) is 0 Å². The van der Waals surface area contributed by atoms with Crippen molar-refractivity contribution in [2.75, 3.05) is 88.9 Å². The maximum atomic E-state index is 14.2. The Bertz CT molecular complexity index is 3830. The summed E-state index contributed by atoms with van der Waals surface area (Å²) in [6.07, 6.45) is 4.77. The zero-order chi connectivity index (χ0) is 61.5. The molecule has 7 aliphatic heterocycles. The molecule has 0 bridgehead atoms. The molecule has 13 rings (SSSR count). The summed E-state index contributed by atoms with van der Waals surface area (Å²) in [7, 11) is 0. The number of aromatic amines is 1. The minimum absolute atomic E-state index is 0.00602. The molecule has 446 valence electrons. The van der Waals surface area contributed by atoms with Gasteiger partial charge in [-0.2, -0.15) is 0 Å². The number of nitrogen functional groups attached to an aromatic ring is 1. The van der Waals surface area contributed by atoms with Gasteiger partial charge in [-0.05, 0) is 114 Å². The quantitative estimate of drug-likeness (QED) is 0.0185. The topological polar surface area (TPSA) is 321 Å². The van der Waals surface area contributed by atoms with Gasteiger partial charge in [0.2, 0.25) is 36.4 Å². The highest BCUT2D eigenvalue weighted by Crippen LogP contribution is 2.41. The molecule has 23 nitrogen and oxygen atoms in total. The van der Waals surface area contributed by atoms with Gasteiger partial charge in [0.1, 0.15) is 34.8 Å². The number of hydrogen-bond acceptors (Lipinski definition) is 13. The van der Waals surface area contributed by atoms with Crippen LogP contribution in [0.25, 0.3) is 11.6 Å². The van der Waals surface area contributed by atoms with Crippen molar-refractivity contribution in [1.82, 2.24) is 14.8 Å². The number of rotatable bonds is 9. The van der Waals surface area contributed by atoms with E-state index in [0.717, 1.165) is 86.4 Å². The summed E-state index contributed by atoms with van der Waals surface area (Å²) in [5.74, 6) is -3.59. The number of nitro groups is 1. The summed E-state index contributed by atoms with van der Waals surface area (Å²) < 4.78 is 70.7. The molecule has 28 heteroatoms. The first kappa shape index (κ1) is 60.2. The van der Waals surface area contributed by atoms with Crippen LogP contribution >= 0.6 is 0 Å². The number of hydrogen-bond donors (Lipinski definition) is 9. The molecular formula is C58H53F5N12O11. The van der Waals surface area contributed by atoms with Gasteiger partial charge in [0.05, 0.1) is 95.1 Å². The van der Waals surface area contributed by atoms with E-state index in [1.807, 2.05) is 11.8 Å². The maximum absolute atomic E-state index is 14.2. The van der Waals surface area contributed by atoms with E-state index in [1.165, 1.54) is 42.5 Å². The molecule has 86 heavy (non-hydrogen) atoms. The number of carbonyl (C=O) groups is 8. The smallest absolute Gasteiger partial charge is 0.295 e. The molecule has 1 fully saturated rings. The molecule has 0 unspecified atom stereocenters. The number of aromatic nitrogens is 1. The Morgan fingerprint density at radius 2 is 1.19 bits per heavy atom. The first-order chi connectivity index (χ1) is 41.2. The molecule has 0 spiro atoms. The van der Waals surface area contributed by atoms with Gasteiger partial charge in [0, 0.05) is 55.4 Å². The Labute approximate surface area is 485 Å². The number of H-pyrrole nitrogens is 1. The SMILES string of the molecule is Cc1c(/C=C2\C(=O)Nc3c(NC=O)cc(F)cc32)[nH]c2c1C(=O)N(CCN1CCOCC1)CCC2.Nc1cc(F)cc2c1NC(=O)C2.O=C1Cc2cc(F)cc([N+](=O)[O-])c2N1.O=C1Cc2cc(F)ccc2N1.O=CNc1cc(F)cc2c1NC(=O)C2. The van der Waals surface area contributed by atoms with Crippen molar-refractivity contribution in [3.8, 4) is 0 Å². The average Bonchev–Trinajstić information content (AvgIpc) is 2.56. The number of nitrogens with one attached hydrogen (secondary N) is 8. The lowest BCUT2D eigenvalue weighted by atomic mass is 10.0. The third-order valence-electron chi connectivity index (χ3n) is 14.4. The van der Waals surface area contributed by atoms with Crippen LogP contribution < -0.4 is 43.0 Å². The number of halogens is 5. The van der Waals surface area contributed by atoms with Gasteiger partial charge in [-0.15, -0.1) is 0 Å². The van der Waals surface area contributed by atoms with Crippen LogP contribution in [0.3, 0.4) is 0 Å². The van der Waals surface area contributed by atoms with Crippen molar-refractivity contribution in [1.29, 1.82) is 0 Å². The van der Waals surface area contributed by atoms with Gasteiger partial charge in [-0.1, -0.05) is 0 Å². The Hall–Kier alpha value is -10.4. The van der Waals surface area contributed by atoms with E-state index in [9.17, 15) is 70.4 Å². The van der Waals surface area contributed by atoms with Crippen molar-refractivity contribution in [2.24, 2.45) is 0 Å². The van der Waals surface area contributed by atoms with Gasteiger partial charge in [-0.3, -0.25) is 53.4 Å². The molecule has 0 saturated carbocycles. The van der Waals surface area contributed by atoms with Gasteiger partial charge in [-0.25, -0.2) is 22.0 Å². The molecule has 0 aliphatic carbocycles. The lowest BCUT2D eigenvalue weighted by molar-refractivity contribution is -0.384. The van der Waals surface area contributed by atoms with Crippen LogP contribution in [0.1, 0.15) is 61.5 Å². The molecule has 0 atom stereocenters. The third kappa shape index (κ3) is 13.8. The predicted octanol–water partition coefficient (Wildman–Crippen LogP) is 6.58. The number of benzene rings is 5. The zero-order valence-electron chi connectivity index (χ0n) is 45.6. The number of anilines is 8. The molecule has 0 radical (unpaired) electrons. The number of nitrogens with two attached hydrogens (primary N) is 1. The van der Waals surface area contributed by atoms with Crippen molar-refractivity contribution < 1.29 is 70.0 Å². The molecule has 6 aromatic rings. The highest BCUT2D eigenvalue weighted by molar-refractivity contribution is 6.36. The number of nitro benzene ring substituents is 1. The number of nitrogens with zero attached hydrogens (tertiary/aromatic N) is 3. The normalized spacial score (nSPS) is 16.1. The van der Waals surface area contributed by atoms with E-state index >= 15 is 0 Å². The van der Waals surface area contributed by atoms with E-state index in [-0.39, 0.29) is 77.3 Å². The van der Waals surface area contributed by atoms with Crippen LogP contribution in [0.2, 0.25) is 0 Å². The summed E-state index contributed by atoms with van der Waals surface area (Å²) in [4.78, 5) is 108. The first-order valence-corrected chi connectivity index (χ1v) is 26.6. The molecule has 5 aromatic carbocycles. The lowest BCUT2D eigenvalue weighted by Crippen LogP contribution is -2.43. The zero-order valence-corrected chi connectivity index (χ0v) is 45.6. The van der Waals surface area contributed by atoms with E-state index < -0.39 is 39.8 Å². The van der Waals surface area contributed by atoms with Gasteiger partial charge in [0.25, 0.3) is 17.5 Å². The Balaban J connectivity index is 0.000000143. The number of ether oxygens (including phenoxy) is 1. The average molecular weight is 1190 g/mol. The van der Waals surface area contributed by atoms with E-state index in [0.29, 0.717) is 88.6 Å². The van der Waals surface area contributed by atoms with Crippen LogP contribution in [0, 0.1) is 46.1 Å². The summed E-state index contributed by atoms with van der Waals surface area (Å²) in [6.45, 7) is 7.23. The third-order valence-corrected chi connectivity index (χ3v) is 14.4. The number of amides is 8. The fourth-order valence-corrected chi connectivity index (χ4v) is 10.5. The second kappa shape index (κ2) is 26.1. The molecule has 8 amide bonds. The van der Waals surface area contributed by atoms with E-state index in [1.54, 1.807) is 12.1 Å². The van der Waals surface area contributed by atoms with Gasteiger partial charge in [0.15, 0.2) is 0 Å². The van der Waals surface area contributed by atoms with E-state index in [2.05, 4.69) is 47.1 Å². The molecule has 8 heterocycles. The van der Waals surface area contributed by atoms with Crippen molar-refractivity contribution in [3.05, 3.63) is 156 Å². The van der Waals surface area contributed by atoms with Crippen LogP contribution in [-0.4, -0.2) is 114 Å². The van der Waals surface area contributed by atoms with Gasteiger partial charge >= 0.3 is 0 Å². The molecule has 1 aromatic heterocycles. The first-order valence-electron chi connectivity index (χ1n) is 26.6. The standard InChI is InChI=1S/C25H28FN5O4.C9H7FN2O2.C8H5FN2O3.C8H7FN2O.C8H6FNO/c1-15-20(13-18-17-11-16(26)12-21(27-14-32)23(17)29-24(18)33)28-19-3-2-4-31(25(34)22(15)19)6-5-30-7-9-35-10-8-30;10-6-1-5-2-8(14)12-9(5)7(3-6)11-4-13;9-5-1-4-2-7(12)10-8(4)6(3-5)11(13)14;9-5-1-4-2-7(12)11-8(4)6(10)3-5;9-6-1-2-7-5(3-6)4-8(11)10-7/h11-14,28H,2-10H2,1H3,(H,27,32)(H,29,33);1,3-4H,2H2,(H,11,13)(H,12,14);1,3H,2H2,(H,10,12);1,3H,2,10H2,(H,11,12);1-3H,4H2,(H,10,11)/b18-13-;;;;. The predicted molar refractivity (Wildman–Crippen MR) is 305 cm³/mol. The Morgan fingerprint density at radius 1 is 0.640 bits per heavy atom. The second-order valence-electron chi connectivity index (χ2n) is 20.2. The maximum Gasteiger partial charge on any atom is 0.295 e. The monoisotopic (exact) mass is 1190 g/mol. The minimum atomic E-state index is -0.715. The molecular weight excluding hydrogens is 1140 g/mol. The Kier molecular flexibility index (Phi) is 18.3. The molecule has 7 aliphatic rings. The van der Waals surface area contributed by atoms with Crippen LogP contribution in [0.4, 0.5) is 73.1 Å². The number of carbonyl (C=O) groups excluding carboxylic acids is 8. The van der Waals surface area contributed by atoms with Crippen molar-refractivity contribution in [2.45, 2.75) is 45.4 Å². The molecule has 10 N–H and O–H groups in total. The number of morpholine rings is 1. The summed E-state index contributed by atoms with van der Waals surface area (Å²) in [5.41, 5.74) is 13.9. The highest BCUT2D eigenvalue weighted by atomic mass is 19.1. The van der Waals surface area contributed by atoms with Crippen LogP contribution in [-0.2, 0) is 70.4 Å². The van der Waals surface area contributed by atoms with Crippen LogP contribution in [0.15, 0.2) is 66.7 Å². The fraction of sp³-hybridized carbons (Fsp3) is 0.241. The summed E-state index contributed by atoms with van der Waals surface area (Å²) in [5, 5.41) is 28.0. The molecule has 1 saturated heterocycles. The largest absolute Gasteiger partial charge is 0.397 e. The second-order valence-corrected chi connectivity index (χ2v) is 20.2. The fourth-order valence-electron chi connectivity index (χ4n) is 10.5. The summed E-state index contributed by atoms with van der Waals surface area (Å²) in [6, 6.07) is 13.6. The highest BCUT2D eigenvalue weighted by Gasteiger charge is 2.32. The van der Waals surface area contributed by atoms with E-state index in [4.69, 9.17) is 10.5 Å². The Morgan fingerprint density at radius 3 is 1.84 bits per heavy atom. The lowest BCUT2D eigenvalue weighted by Gasteiger charge is -2.29. The number of fused-ring (bicyclic) bond motifs is 6.